The number of aliphatic hydroxyl groups excluding tert-OH is 1. The summed E-state index contributed by atoms with van der Waals surface area (Å²) in [5.74, 6) is -0.601. The average Bonchev–Trinajstić information content (AvgIpc) is 3.59. The van der Waals surface area contributed by atoms with Crippen molar-refractivity contribution in [2.45, 2.75) is 101 Å². The van der Waals surface area contributed by atoms with Gasteiger partial charge in [0.1, 0.15) is 11.8 Å². The monoisotopic (exact) mass is 639 g/mol. The number of benzene rings is 1. The number of hydrogen-bond acceptors (Lipinski definition) is 6. The number of ether oxygens (including phenoxy) is 1. The zero-order valence-corrected chi connectivity index (χ0v) is 28.5. The third-order valence-electron chi connectivity index (χ3n) is 9.97. The SMILES string of the molecule is C=CCN(C(=O)[C@H]1[C@H]2C(=O)N(CCCCCCO)C(C(=O)N(CC=C)C(C)CCC)C23CC[C@]1(C)S3)c1ccc(OCC)cc1. The fourth-order valence-electron chi connectivity index (χ4n) is 7.93. The molecule has 1 spiro atoms. The maximum Gasteiger partial charge on any atom is 0.247 e. The average molecular weight is 640 g/mol. The van der Waals surface area contributed by atoms with Crippen LogP contribution in [0.25, 0.3) is 0 Å². The van der Waals surface area contributed by atoms with Gasteiger partial charge in [-0.1, -0.05) is 38.3 Å². The molecule has 9 heteroatoms. The molecule has 1 aromatic rings. The molecule has 3 aliphatic heterocycles. The van der Waals surface area contributed by atoms with E-state index in [4.69, 9.17) is 4.74 Å². The Morgan fingerprint density at radius 3 is 2.40 bits per heavy atom. The molecular formula is C36H53N3O5S. The highest BCUT2D eigenvalue weighted by molar-refractivity contribution is 8.02. The van der Waals surface area contributed by atoms with Crippen LogP contribution in [0.2, 0.25) is 0 Å². The van der Waals surface area contributed by atoms with Crippen molar-refractivity contribution in [1.29, 1.82) is 0 Å². The first-order valence-electron chi connectivity index (χ1n) is 16.8. The second-order valence-corrected chi connectivity index (χ2v) is 14.9. The lowest BCUT2D eigenvalue weighted by Crippen LogP contribution is -2.56. The number of unbranched alkanes of at least 4 members (excludes halogenated alkanes) is 3. The molecular weight excluding hydrogens is 586 g/mol. The van der Waals surface area contributed by atoms with E-state index in [0.717, 1.165) is 62.8 Å². The van der Waals surface area contributed by atoms with Gasteiger partial charge >= 0.3 is 0 Å². The molecule has 6 atom stereocenters. The first kappa shape index (κ1) is 35.1. The highest BCUT2D eigenvalue weighted by Gasteiger charge is 2.77. The van der Waals surface area contributed by atoms with Crippen molar-refractivity contribution in [3.8, 4) is 5.75 Å². The molecule has 3 saturated heterocycles. The third-order valence-corrected chi connectivity index (χ3v) is 12.0. The van der Waals surface area contributed by atoms with Crippen LogP contribution in [-0.4, -0.2) is 87.1 Å². The van der Waals surface area contributed by atoms with Gasteiger partial charge in [-0.25, -0.2) is 0 Å². The van der Waals surface area contributed by atoms with Crippen LogP contribution in [0.3, 0.4) is 0 Å². The number of carbonyl (C=O) groups is 3. The maximum atomic E-state index is 14.7. The largest absolute Gasteiger partial charge is 0.494 e. The van der Waals surface area contributed by atoms with Crippen LogP contribution in [0.15, 0.2) is 49.6 Å². The van der Waals surface area contributed by atoms with Crippen LogP contribution in [0, 0.1) is 11.8 Å². The van der Waals surface area contributed by atoms with Gasteiger partial charge in [0.2, 0.25) is 17.7 Å². The van der Waals surface area contributed by atoms with Gasteiger partial charge in [-0.05, 0) is 77.1 Å². The fraction of sp³-hybridized carbons (Fsp3) is 0.639. The van der Waals surface area contributed by atoms with Gasteiger partial charge in [-0.2, -0.15) is 0 Å². The molecule has 45 heavy (non-hydrogen) atoms. The molecule has 3 amide bonds. The summed E-state index contributed by atoms with van der Waals surface area (Å²) in [6.07, 6.45) is 9.99. The molecule has 1 aromatic carbocycles. The second kappa shape index (κ2) is 15.2. The molecule has 1 N–H and O–H groups in total. The Balaban J connectivity index is 1.73. The van der Waals surface area contributed by atoms with Gasteiger partial charge in [0.15, 0.2) is 0 Å². The van der Waals surface area contributed by atoms with Crippen LogP contribution in [-0.2, 0) is 14.4 Å². The Bertz CT molecular complexity index is 1220. The molecule has 3 unspecified atom stereocenters. The Morgan fingerprint density at radius 1 is 1.09 bits per heavy atom. The normalized spacial score (nSPS) is 27.3. The minimum atomic E-state index is -0.668. The molecule has 248 valence electrons. The smallest absolute Gasteiger partial charge is 0.247 e. The van der Waals surface area contributed by atoms with E-state index in [1.54, 1.807) is 28.8 Å². The zero-order valence-electron chi connectivity index (χ0n) is 27.7. The molecule has 0 radical (unpaired) electrons. The first-order chi connectivity index (χ1) is 21.6. The number of aliphatic hydroxyl groups is 1. The van der Waals surface area contributed by atoms with E-state index < -0.39 is 27.4 Å². The molecule has 3 heterocycles. The molecule has 0 saturated carbocycles. The molecule has 0 aliphatic carbocycles. The van der Waals surface area contributed by atoms with Crippen LogP contribution >= 0.6 is 11.8 Å². The van der Waals surface area contributed by atoms with Crippen LogP contribution < -0.4 is 9.64 Å². The number of amides is 3. The fourth-order valence-corrected chi connectivity index (χ4v) is 10.3. The minimum absolute atomic E-state index is 0.0109. The van der Waals surface area contributed by atoms with Crippen LogP contribution in [0.5, 0.6) is 5.75 Å². The topological polar surface area (TPSA) is 90.4 Å². The van der Waals surface area contributed by atoms with Crippen molar-refractivity contribution in [3.05, 3.63) is 49.6 Å². The van der Waals surface area contributed by atoms with Gasteiger partial charge < -0.3 is 24.5 Å². The van der Waals surface area contributed by atoms with Gasteiger partial charge in [0.05, 0.1) is 23.2 Å². The summed E-state index contributed by atoms with van der Waals surface area (Å²) in [6, 6.07) is 6.87. The number of hydrogen-bond donors (Lipinski definition) is 1. The predicted molar refractivity (Wildman–Crippen MR) is 182 cm³/mol. The first-order valence-corrected chi connectivity index (χ1v) is 17.6. The highest BCUT2D eigenvalue weighted by atomic mass is 32.2. The van der Waals surface area contributed by atoms with Gasteiger partial charge in [-0.3, -0.25) is 14.4 Å². The number of likely N-dealkylation sites (tertiary alicyclic amines) is 1. The molecule has 0 aromatic heterocycles. The standard InChI is InChI=1S/C36H53N3O5S/c1-7-15-26(5)37(22-8-2)34(43)31-36-21-20-35(6,45-36)29(30(36)33(42)39(31)24-13-11-12-14-25-40)32(41)38(23-9-3)27-16-18-28(19-17-27)44-10-4/h8-9,16-19,26,29-31,40H,2-3,7,10-15,20-25H2,1,4-6H3/t26?,29-,30+,31?,35+,36?/m1/s1. The molecule has 8 nitrogen and oxygen atoms in total. The third kappa shape index (κ3) is 6.71. The summed E-state index contributed by atoms with van der Waals surface area (Å²) >= 11 is 1.72. The highest BCUT2D eigenvalue weighted by Crippen LogP contribution is 2.71. The van der Waals surface area contributed by atoms with Crippen molar-refractivity contribution in [2.24, 2.45) is 11.8 Å². The van der Waals surface area contributed by atoms with E-state index in [9.17, 15) is 19.5 Å². The summed E-state index contributed by atoms with van der Waals surface area (Å²) in [4.78, 5) is 49.5. The summed E-state index contributed by atoms with van der Waals surface area (Å²) in [6.45, 7) is 18.0. The van der Waals surface area contributed by atoms with Gasteiger partial charge in [0, 0.05) is 42.7 Å². The van der Waals surface area contributed by atoms with Gasteiger partial charge in [-0.15, -0.1) is 24.9 Å². The summed E-state index contributed by atoms with van der Waals surface area (Å²) in [5, 5.41) is 9.26. The zero-order chi connectivity index (χ0) is 32.8. The van der Waals surface area contributed by atoms with Crippen molar-refractivity contribution in [1.82, 2.24) is 9.80 Å². The quantitative estimate of drug-likeness (QED) is 0.160. The Labute approximate surface area is 274 Å². The van der Waals surface area contributed by atoms with Crippen LogP contribution in [0.1, 0.15) is 79.1 Å². The summed E-state index contributed by atoms with van der Waals surface area (Å²) in [7, 11) is 0. The van der Waals surface area contributed by atoms with E-state index in [2.05, 4.69) is 33.9 Å². The lowest BCUT2D eigenvalue weighted by molar-refractivity contribution is -0.144. The Morgan fingerprint density at radius 2 is 1.78 bits per heavy atom. The molecule has 4 rings (SSSR count). The van der Waals surface area contributed by atoms with Crippen molar-refractivity contribution in [3.63, 3.8) is 0 Å². The van der Waals surface area contributed by atoms with E-state index in [-0.39, 0.29) is 30.4 Å². The molecule has 3 aliphatic rings. The molecule has 2 bridgehead atoms. The van der Waals surface area contributed by atoms with E-state index >= 15 is 0 Å². The van der Waals surface area contributed by atoms with E-state index in [1.165, 1.54) is 0 Å². The molecule has 3 fully saturated rings. The Hall–Kier alpha value is -2.78. The number of thioether (sulfide) groups is 1. The van der Waals surface area contributed by atoms with Gasteiger partial charge in [0.25, 0.3) is 0 Å². The lowest BCUT2D eigenvalue weighted by atomic mass is 9.66. The van der Waals surface area contributed by atoms with Crippen molar-refractivity contribution < 1.29 is 24.2 Å². The number of nitrogens with zero attached hydrogens (tertiary/aromatic N) is 3. The minimum Gasteiger partial charge on any atom is -0.494 e. The van der Waals surface area contributed by atoms with Crippen molar-refractivity contribution >= 4 is 35.2 Å². The van der Waals surface area contributed by atoms with E-state index in [0.29, 0.717) is 26.2 Å². The number of rotatable bonds is 18. The summed E-state index contributed by atoms with van der Waals surface area (Å²) < 4.78 is 4.49. The van der Waals surface area contributed by atoms with Crippen LogP contribution in [0.4, 0.5) is 5.69 Å². The number of anilines is 1. The van der Waals surface area contributed by atoms with Crippen molar-refractivity contribution in [2.75, 3.05) is 37.7 Å². The maximum absolute atomic E-state index is 14.7. The summed E-state index contributed by atoms with van der Waals surface area (Å²) in [5.41, 5.74) is 0.734. The predicted octanol–water partition coefficient (Wildman–Crippen LogP) is 5.84. The van der Waals surface area contributed by atoms with E-state index in [1.807, 2.05) is 41.0 Å². The lowest BCUT2D eigenvalue weighted by Gasteiger charge is -2.39. The number of fused-ring (bicyclic) bond motifs is 1. The number of carbonyl (C=O) groups excluding carboxylic acids is 3. The Kier molecular flexibility index (Phi) is 11.9. The second-order valence-electron chi connectivity index (χ2n) is 13.0.